The van der Waals surface area contributed by atoms with Crippen LogP contribution in [0, 0.1) is 0 Å². The van der Waals surface area contributed by atoms with Crippen LogP contribution >= 0.6 is 11.6 Å². The number of para-hydroxylation sites is 1. The molecule has 0 bridgehead atoms. The van der Waals surface area contributed by atoms with Crippen LogP contribution in [0.5, 0.6) is 11.5 Å². The molecule has 168 valence electrons. The SMILES string of the molecule is COc1ccccc1CNC(=O)CN(c1cc(Cl)ccc1OC)S(=O)(=O)c1ccccc1. The Bertz CT molecular complexity index is 1190. The van der Waals surface area contributed by atoms with Gasteiger partial charge in [0, 0.05) is 17.1 Å². The van der Waals surface area contributed by atoms with Crippen molar-refractivity contribution in [1.82, 2.24) is 5.32 Å². The Morgan fingerprint density at radius 2 is 1.59 bits per heavy atom. The zero-order chi connectivity index (χ0) is 23.1. The number of halogens is 1. The summed E-state index contributed by atoms with van der Waals surface area (Å²) in [5, 5.41) is 3.06. The molecule has 1 N–H and O–H groups in total. The number of rotatable bonds is 9. The first-order valence-electron chi connectivity index (χ1n) is 9.66. The lowest BCUT2D eigenvalue weighted by Crippen LogP contribution is -2.40. The Balaban J connectivity index is 1.93. The van der Waals surface area contributed by atoms with Gasteiger partial charge in [0.1, 0.15) is 18.0 Å². The number of benzene rings is 3. The Hall–Kier alpha value is -3.23. The van der Waals surface area contributed by atoms with Crippen LogP contribution in [-0.4, -0.2) is 35.1 Å². The van der Waals surface area contributed by atoms with Crippen molar-refractivity contribution >= 4 is 33.2 Å². The fourth-order valence-electron chi connectivity index (χ4n) is 3.11. The molecule has 3 rings (SSSR count). The molecule has 0 fully saturated rings. The van der Waals surface area contributed by atoms with E-state index in [1.165, 1.54) is 25.3 Å². The van der Waals surface area contributed by atoms with E-state index in [9.17, 15) is 13.2 Å². The molecule has 7 nitrogen and oxygen atoms in total. The van der Waals surface area contributed by atoms with Crippen LogP contribution in [0.4, 0.5) is 5.69 Å². The maximum Gasteiger partial charge on any atom is 0.264 e. The number of ether oxygens (including phenoxy) is 2. The van der Waals surface area contributed by atoms with Gasteiger partial charge < -0.3 is 14.8 Å². The molecule has 0 heterocycles. The first-order valence-corrected chi connectivity index (χ1v) is 11.5. The molecular weight excluding hydrogens is 452 g/mol. The van der Waals surface area contributed by atoms with Gasteiger partial charge in [-0.15, -0.1) is 0 Å². The van der Waals surface area contributed by atoms with Gasteiger partial charge in [0.2, 0.25) is 5.91 Å². The second-order valence-electron chi connectivity index (χ2n) is 6.73. The zero-order valence-electron chi connectivity index (χ0n) is 17.6. The average molecular weight is 475 g/mol. The van der Waals surface area contributed by atoms with Crippen LogP contribution in [0.2, 0.25) is 5.02 Å². The minimum Gasteiger partial charge on any atom is -0.496 e. The standard InChI is InChI=1S/C23H23ClN2O5S/c1-30-21-11-7-6-8-17(21)15-25-23(27)16-26(20-14-18(24)12-13-22(20)31-2)32(28,29)19-9-4-3-5-10-19/h3-14H,15-16H2,1-2H3,(H,25,27). The van der Waals surface area contributed by atoms with Crippen molar-refractivity contribution in [2.75, 3.05) is 25.1 Å². The smallest absolute Gasteiger partial charge is 0.264 e. The van der Waals surface area contributed by atoms with Crippen molar-refractivity contribution < 1.29 is 22.7 Å². The van der Waals surface area contributed by atoms with E-state index in [1.54, 1.807) is 43.5 Å². The maximum atomic E-state index is 13.4. The van der Waals surface area contributed by atoms with Gasteiger partial charge in [-0.2, -0.15) is 0 Å². The van der Waals surface area contributed by atoms with Crippen LogP contribution in [0.15, 0.2) is 77.7 Å². The Kier molecular flexibility index (Phi) is 7.61. The number of hydrogen-bond donors (Lipinski definition) is 1. The molecule has 0 aliphatic carbocycles. The van der Waals surface area contributed by atoms with Gasteiger partial charge >= 0.3 is 0 Å². The van der Waals surface area contributed by atoms with Gasteiger partial charge in [-0.05, 0) is 36.4 Å². The largest absolute Gasteiger partial charge is 0.496 e. The molecule has 1 amide bonds. The lowest BCUT2D eigenvalue weighted by Gasteiger charge is -2.26. The summed E-state index contributed by atoms with van der Waals surface area (Å²) in [5.41, 5.74) is 0.928. The molecule has 9 heteroatoms. The summed E-state index contributed by atoms with van der Waals surface area (Å²) in [6.45, 7) is -0.294. The summed E-state index contributed by atoms with van der Waals surface area (Å²) in [5.74, 6) is 0.391. The van der Waals surface area contributed by atoms with E-state index in [-0.39, 0.29) is 22.9 Å². The number of nitrogens with one attached hydrogen (secondary N) is 1. The molecule has 0 saturated heterocycles. The van der Waals surface area contributed by atoms with E-state index >= 15 is 0 Å². The third kappa shape index (κ3) is 5.33. The van der Waals surface area contributed by atoms with E-state index in [4.69, 9.17) is 21.1 Å². The van der Waals surface area contributed by atoms with Crippen LogP contribution in [-0.2, 0) is 21.4 Å². The van der Waals surface area contributed by atoms with E-state index < -0.39 is 22.5 Å². The predicted octanol–water partition coefficient (Wildman–Crippen LogP) is 3.87. The number of methoxy groups -OCH3 is 2. The molecule has 3 aromatic carbocycles. The minimum absolute atomic E-state index is 0.0413. The Morgan fingerprint density at radius 1 is 0.938 bits per heavy atom. The van der Waals surface area contributed by atoms with E-state index in [2.05, 4.69) is 5.32 Å². The first-order chi connectivity index (χ1) is 15.4. The van der Waals surface area contributed by atoms with Crippen LogP contribution in [0.3, 0.4) is 0 Å². The molecule has 0 unspecified atom stereocenters. The van der Waals surface area contributed by atoms with Gasteiger partial charge in [-0.25, -0.2) is 8.42 Å². The molecule has 0 saturated carbocycles. The fourth-order valence-corrected chi connectivity index (χ4v) is 4.72. The van der Waals surface area contributed by atoms with E-state index in [0.717, 1.165) is 9.87 Å². The topological polar surface area (TPSA) is 84.9 Å². The van der Waals surface area contributed by atoms with Crippen molar-refractivity contribution in [3.63, 3.8) is 0 Å². The van der Waals surface area contributed by atoms with Crippen molar-refractivity contribution in [3.8, 4) is 11.5 Å². The minimum atomic E-state index is -4.09. The summed E-state index contributed by atoms with van der Waals surface area (Å²) in [7, 11) is -1.12. The van der Waals surface area contributed by atoms with Crippen LogP contribution in [0.25, 0.3) is 0 Å². The normalized spacial score (nSPS) is 11.0. The summed E-state index contributed by atoms with van der Waals surface area (Å²) >= 11 is 6.13. The quantitative estimate of drug-likeness (QED) is 0.509. The van der Waals surface area contributed by atoms with Gasteiger partial charge in [0.25, 0.3) is 10.0 Å². The molecule has 0 aliphatic heterocycles. The second kappa shape index (κ2) is 10.4. The monoisotopic (exact) mass is 474 g/mol. The number of sulfonamides is 1. The first kappa shape index (κ1) is 23.4. The molecule has 0 radical (unpaired) electrons. The number of carbonyl (C=O) groups is 1. The Morgan fingerprint density at radius 3 is 2.28 bits per heavy atom. The van der Waals surface area contributed by atoms with Gasteiger partial charge in [0.05, 0.1) is 24.8 Å². The number of nitrogens with zero attached hydrogens (tertiary/aromatic N) is 1. The van der Waals surface area contributed by atoms with Crippen molar-refractivity contribution in [2.24, 2.45) is 0 Å². The molecule has 0 atom stereocenters. The third-order valence-electron chi connectivity index (χ3n) is 4.70. The summed E-state index contributed by atoms with van der Waals surface area (Å²) in [6, 6.07) is 19.7. The highest BCUT2D eigenvalue weighted by Crippen LogP contribution is 2.34. The van der Waals surface area contributed by atoms with Crippen molar-refractivity contribution in [3.05, 3.63) is 83.4 Å². The molecule has 3 aromatic rings. The van der Waals surface area contributed by atoms with Gasteiger partial charge in [-0.1, -0.05) is 48.0 Å². The molecule has 0 aromatic heterocycles. The summed E-state index contributed by atoms with van der Waals surface area (Å²) < 4.78 is 38.5. The van der Waals surface area contributed by atoms with Gasteiger partial charge in [-0.3, -0.25) is 9.10 Å². The van der Waals surface area contributed by atoms with Gasteiger partial charge in [0.15, 0.2) is 0 Å². The zero-order valence-corrected chi connectivity index (χ0v) is 19.2. The molecule has 0 aliphatic rings. The maximum absolute atomic E-state index is 13.4. The summed E-state index contributed by atoms with van der Waals surface area (Å²) in [6.07, 6.45) is 0. The number of carbonyl (C=O) groups excluding carboxylic acids is 1. The van der Waals surface area contributed by atoms with E-state index in [1.807, 2.05) is 18.2 Å². The fraction of sp³-hybridized carbons (Fsp3) is 0.174. The average Bonchev–Trinajstić information content (AvgIpc) is 2.81. The highest BCUT2D eigenvalue weighted by Gasteiger charge is 2.29. The highest BCUT2D eigenvalue weighted by atomic mass is 35.5. The number of amides is 1. The highest BCUT2D eigenvalue weighted by molar-refractivity contribution is 7.92. The third-order valence-corrected chi connectivity index (χ3v) is 6.71. The lowest BCUT2D eigenvalue weighted by molar-refractivity contribution is -0.119. The Labute approximate surface area is 192 Å². The predicted molar refractivity (Wildman–Crippen MR) is 124 cm³/mol. The molecule has 32 heavy (non-hydrogen) atoms. The summed E-state index contributed by atoms with van der Waals surface area (Å²) in [4.78, 5) is 12.9. The molecular formula is C23H23ClN2O5S. The van der Waals surface area contributed by atoms with E-state index in [0.29, 0.717) is 10.8 Å². The van der Waals surface area contributed by atoms with Crippen LogP contribution < -0.4 is 19.1 Å². The van der Waals surface area contributed by atoms with Crippen molar-refractivity contribution in [2.45, 2.75) is 11.4 Å². The lowest BCUT2D eigenvalue weighted by atomic mass is 10.2. The number of anilines is 1. The van der Waals surface area contributed by atoms with Crippen LogP contribution in [0.1, 0.15) is 5.56 Å². The molecule has 0 spiro atoms. The van der Waals surface area contributed by atoms with Crippen molar-refractivity contribution in [1.29, 1.82) is 0 Å². The number of hydrogen-bond acceptors (Lipinski definition) is 5. The second-order valence-corrected chi connectivity index (χ2v) is 9.03.